The topological polar surface area (TPSA) is 43.8 Å². The molecule has 0 amide bonds. The summed E-state index contributed by atoms with van der Waals surface area (Å²) in [5.74, 6) is 2.39. The first-order valence-electron chi connectivity index (χ1n) is 6.25. The van der Waals surface area contributed by atoms with Crippen LogP contribution in [0.5, 0.6) is 0 Å². The van der Waals surface area contributed by atoms with Crippen LogP contribution in [0, 0.1) is 0 Å². The normalized spacial score (nSPS) is 16.6. The summed E-state index contributed by atoms with van der Waals surface area (Å²) < 4.78 is 1.93. The average molecular weight is 279 g/mol. The molecule has 1 aliphatic heterocycles. The summed E-state index contributed by atoms with van der Waals surface area (Å²) in [5, 5.41) is 4.30. The van der Waals surface area contributed by atoms with Crippen LogP contribution in [0.25, 0.3) is 0 Å². The maximum Gasteiger partial charge on any atom is 0.0677 e. The molecule has 2 aromatic rings. The molecule has 3 nitrogen and oxygen atoms in total. The van der Waals surface area contributed by atoms with Crippen molar-refractivity contribution in [3.8, 4) is 0 Å². The Morgan fingerprint density at radius 3 is 3.17 bits per heavy atom. The first kappa shape index (κ1) is 12.3. The van der Waals surface area contributed by atoms with Crippen molar-refractivity contribution in [3.05, 3.63) is 39.3 Å². The highest BCUT2D eigenvalue weighted by molar-refractivity contribution is 7.98. The summed E-state index contributed by atoms with van der Waals surface area (Å²) in [4.78, 5) is 2.81. The molecule has 0 saturated carbocycles. The summed E-state index contributed by atoms with van der Waals surface area (Å²) in [7, 11) is 0. The minimum absolute atomic E-state index is 0.0223. The van der Waals surface area contributed by atoms with Crippen LogP contribution >= 0.6 is 23.1 Å². The van der Waals surface area contributed by atoms with Gasteiger partial charge in [0.2, 0.25) is 0 Å². The standard InChI is InChI=1S/C13H17N3S2/c1-2-16-7-10(6-15-16)13(14)12-5-9-8-17-4-3-11(9)18-12/h5-7,13H,2-4,8,14H2,1H3. The maximum atomic E-state index is 6.35. The van der Waals surface area contributed by atoms with E-state index in [9.17, 15) is 0 Å². The molecular formula is C13H17N3S2. The molecule has 0 bridgehead atoms. The molecule has 1 aliphatic rings. The lowest BCUT2D eigenvalue weighted by molar-refractivity contribution is 0.658. The largest absolute Gasteiger partial charge is 0.320 e. The Hall–Kier alpha value is -0.780. The minimum Gasteiger partial charge on any atom is -0.320 e. The first-order valence-corrected chi connectivity index (χ1v) is 8.22. The Kier molecular flexibility index (Phi) is 3.46. The minimum atomic E-state index is -0.0223. The number of aromatic nitrogens is 2. The van der Waals surface area contributed by atoms with Gasteiger partial charge in [-0.3, -0.25) is 4.68 Å². The molecule has 1 unspecified atom stereocenters. The molecule has 0 spiro atoms. The zero-order chi connectivity index (χ0) is 12.5. The van der Waals surface area contributed by atoms with Crippen LogP contribution in [-0.2, 0) is 18.7 Å². The van der Waals surface area contributed by atoms with E-state index in [0.29, 0.717) is 0 Å². The number of hydrogen-bond donors (Lipinski definition) is 1. The number of aryl methyl sites for hydroxylation is 2. The van der Waals surface area contributed by atoms with E-state index < -0.39 is 0 Å². The lowest BCUT2D eigenvalue weighted by Crippen LogP contribution is -2.09. The molecule has 0 aromatic carbocycles. The highest BCUT2D eigenvalue weighted by Crippen LogP contribution is 2.35. The molecular weight excluding hydrogens is 262 g/mol. The van der Waals surface area contributed by atoms with E-state index in [1.54, 1.807) is 0 Å². The summed E-state index contributed by atoms with van der Waals surface area (Å²) in [6, 6.07) is 2.27. The van der Waals surface area contributed by atoms with Gasteiger partial charge < -0.3 is 5.73 Å². The van der Waals surface area contributed by atoms with Crippen molar-refractivity contribution in [2.75, 3.05) is 5.75 Å². The number of hydrogen-bond acceptors (Lipinski definition) is 4. The fraction of sp³-hybridized carbons (Fsp3) is 0.462. The second-order valence-electron chi connectivity index (χ2n) is 4.51. The van der Waals surface area contributed by atoms with Crippen molar-refractivity contribution in [2.24, 2.45) is 5.73 Å². The molecule has 2 N–H and O–H groups in total. The predicted octanol–water partition coefficient (Wildman–Crippen LogP) is 2.80. The lowest BCUT2D eigenvalue weighted by atomic mass is 10.1. The molecule has 0 radical (unpaired) electrons. The molecule has 2 aromatic heterocycles. The fourth-order valence-corrected chi connectivity index (χ4v) is 4.61. The van der Waals surface area contributed by atoms with Crippen LogP contribution in [0.3, 0.4) is 0 Å². The van der Waals surface area contributed by atoms with Gasteiger partial charge in [0.25, 0.3) is 0 Å². The van der Waals surface area contributed by atoms with E-state index >= 15 is 0 Å². The number of rotatable bonds is 3. The van der Waals surface area contributed by atoms with Gasteiger partial charge in [-0.15, -0.1) is 11.3 Å². The van der Waals surface area contributed by atoms with E-state index in [-0.39, 0.29) is 6.04 Å². The van der Waals surface area contributed by atoms with Gasteiger partial charge in [-0.2, -0.15) is 16.9 Å². The van der Waals surface area contributed by atoms with E-state index in [0.717, 1.165) is 17.9 Å². The molecule has 3 rings (SSSR count). The van der Waals surface area contributed by atoms with Gasteiger partial charge in [-0.05, 0) is 30.7 Å². The van der Waals surface area contributed by atoms with Crippen molar-refractivity contribution in [1.82, 2.24) is 9.78 Å². The number of nitrogens with two attached hydrogens (primary N) is 1. The van der Waals surface area contributed by atoms with Gasteiger partial charge >= 0.3 is 0 Å². The molecule has 3 heterocycles. The molecule has 0 fully saturated rings. The Balaban J connectivity index is 1.87. The van der Waals surface area contributed by atoms with Gasteiger partial charge in [0.05, 0.1) is 12.2 Å². The van der Waals surface area contributed by atoms with Crippen LogP contribution < -0.4 is 5.73 Å². The summed E-state index contributed by atoms with van der Waals surface area (Å²) in [6.07, 6.45) is 5.14. The smallest absolute Gasteiger partial charge is 0.0677 e. The predicted molar refractivity (Wildman–Crippen MR) is 78.1 cm³/mol. The van der Waals surface area contributed by atoms with Crippen molar-refractivity contribution in [1.29, 1.82) is 0 Å². The average Bonchev–Trinajstić information content (AvgIpc) is 3.04. The number of thioether (sulfide) groups is 1. The summed E-state index contributed by atoms with van der Waals surface area (Å²) in [5.41, 5.74) is 8.95. The molecule has 1 atom stereocenters. The van der Waals surface area contributed by atoms with E-state index in [1.165, 1.54) is 27.5 Å². The molecule has 0 aliphatic carbocycles. The first-order chi connectivity index (χ1) is 8.78. The van der Waals surface area contributed by atoms with Gasteiger partial charge in [-0.25, -0.2) is 0 Å². The van der Waals surface area contributed by atoms with Gasteiger partial charge in [0.1, 0.15) is 0 Å². The zero-order valence-corrected chi connectivity index (χ0v) is 12.1. The van der Waals surface area contributed by atoms with Gasteiger partial charge in [-0.1, -0.05) is 0 Å². The van der Waals surface area contributed by atoms with E-state index in [2.05, 4.69) is 24.3 Å². The highest BCUT2D eigenvalue weighted by atomic mass is 32.2. The van der Waals surface area contributed by atoms with Gasteiger partial charge in [0, 0.05) is 33.8 Å². The fourth-order valence-electron chi connectivity index (χ4n) is 2.20. The quantitative estimate of drug-likeness (QED) is 0.939. The van der Waals surface area contributed by atoms with E-state index in [4.69, 9.17) is 5.73 Å². The van der Waals surface area contributed by atoms with Crippen LogP contribution in [0.4, 0.5) is 0 Å². The van der Waals surface area contributed by atoms with Crippen molar-refractivity contribution in [3.63, 3.8) is 0 Å². The number of thiophene rings is 1. The third-order valence-electron chi connectivity index (χ3n) is 3.29. The maximum absolute atomic E-state index is 6.35. The Labute approximate surface area is 115 Å². The van der Waals surface area contributed by atoms with Crippen molar-refractivity contribution in [2.45, 2.75) is 31.7 Å². The number of nitrogens with zero attached hydrogens (tertiary/aromatic N) is 2. The van der Waals surface area contributed by atoms with Crippen LogP contribution in [0.1, 0.15) is 33.8 Å². The molecule has 5 heteroatoms. The highest BCUT2D eigenvalue weighted by Gasteiger charge is 2.19. The van der Waals surface area contributed by atoms with Crippen LogP contribution in [0.2, 0.25) is 0 Å². The Bertz CT molecular complexity index is 521. The second-order valence-corrected chi connectivity index (χ2v) is 6.78. The molecule has 96 valence electrons. The van der Waals surface area contributed by atoms with Gasteiger partial charge in [0.15, 0.2) is 0 Å². The van der Waals surface area contributed by atoms with E-state index in [1.807, 2.05) is 34.0 Å². The third-order valence-corrected chi connectivity index (χ3v) is 5.62. The van der Waals surface area contributed by atoms with Crippen LogP contribution in [0.15, 0.2) is 18.5 Å². The summed E-state index contributed by atoms with van der Waals surface area (Å²) >= 11 is 3.90. The Morgan fingerprint density at radius 2 is 2.44 bits per heavy atom. The monoisotopic (exact) mass is 279 g/mol. The molecule has 0 saturated heterocycles. The Morgan fingerprint density at radius 1 is 1.56 bits per heavy atom. The number of fused-ring (bicyclic) bond motifs is 1. The lowest BCUT2D eigenvalue weighted by Gasteiger charge is -2.08. The molecule has 18 heavy (non-hydrogen) atoms. The SMILES string of the molecule is CCn1cc(C(N)c2cc3c(s2)CCSC3)cn1. The van der Waals surface area contributed by atoms with Crippen LogP contribution in [-0.4, -0.2) is 15.5 Å². The van der Waals surface area contributed by atoms with Crippen molar-refractivity contribution < 1.29 is 0 Å². The van der Waals surface area contributed by atoms with Crippen molar-refractivity contribution >= 4 is 23.1 Å². The second kappa shape index (κ2) is 5.07. The zero-order valence-electron chi connectivity index (χ0n) is 10.4. The third kappa shape index (κ3) is 2.22. The summed E-state index contributed by atoms with van der Waals surface area (Å²) in [6.45, 7) is 2.98.